The molecule has 4 rings (SSSR count). The molecule has 0 saturated carbocycles. The van der Waals surface area contributed by atoms with Crippen LogP contribution in [0.25, 0.3) is 0 Å². The number of hydrogen-bond acceptors (Lipinski definition) is 2. The van der Waals surface area contributed by atoms with Crippen molar-refractivity contribution in [3.63, 3.8) is 0 Å². The Morgan fingerprint density at radius 1 is 1.39 bits per heavy atom. The van der Waals surface area contributed by atoms with Crippen LogP contribution < -0.4 is 5.32 Å². The third-order valence-corrected chi connectivity index (χ3v) is 6.02. The second-order valence-corrected chi connectivity index (χ2v) is 7.48. The van der Waals surface area contributed by atoms with Crippen LogP contribution in [0, 0.1) is 5.92 Å². The van der Waals surface area contributed by atoms with Gasteiger partial charge in [0.25, 0.3) is 0 Å². The third kappa shape index (κ3) is 2.63. The second-order valence-electron chi connectivity index (χ2n) is 7.48. The van der Waals surface area contributed by atoms with Crippen LogP contribution in [-0.4, -0.2) is 35.2 Å². The van der Waals surface area contributed by atoms with E-state index in [1.54, 1.807) is 0 Å². The average molecular weight is 314 g/mol. The Morgan fingerprint density at radius 3 is 3.04 bits per heavy atom. The van der Waals surface area contributed by atoms with E-state index in [-0.39, 0.29) is 24.1 Å². The quantitative estimate of drug-likeness (QED) is 0.882. The van der Waals surface area contributed by atoms with Crippen LogP contribution in [0.1, 0.15) is 61.3 Å². The molecule has 1 fully saturated rings. The van der Waals surface area contributed by atoms with Crippen molar-refractivity contribution in [2.75, 3.05) is 13.1 Å². The molecule has 1 saturated heterocycles. The molecule has 1 aromatic rings. The summed E-state index contributed by atoms with van der Waals surface area (Å²) >= 11 is 0. The summed E-state index contributed by atoms with van der Waals surface area (Å²) in [5.41, 5.74) is 4.35. The summed E-state index contributed by atoms with van der Waals surface area (Å²) in [7, 11) is 0. The molecule has 1 aromatic carbocycles. The highest BCUT2D eigenvalue weighted by Gasteiger charge is 2.37. The molecule has 2 N–H and O–H groups in total. The summed E-state index contributed by atoms with van der Waals surface area (Å²) in [6, 6.07) is 6.78. The number of hydrogen-bond donors (Lipinski definition) is 2. The Morgan fingerprint density at radius 2 is 2.26 bits per heavy atom. The largest absolute Gasteiger partial charge is 0.393 e. The number of nitrogens with zero attached hydrogens (tertiary/aromatic N) is 1. The van der Waals surface area contributed by atoms with E-state index in [9.17, 15) is 9.90 Å². The Kier molecular flexibility index (Phi) is 3.80. The third-order valence-electron chi connectivity index (χ3n) is 6.02. The van der Waals surface area contributed by atoms with Crippen molar-refractivity contribution in [3.8, 4) is 0 Å². The maximum atomic E-state index is 12.6. The second kappa shape index (κ2) is 5.82. The summed E-state index contributed by atoms with van der Waals surface area (Å²) in [5, 5.41) is 13.0. The number of amides is 2. The molecule has 1 heterocycles. The van der Waals surface area contributed by atoms with Crippen molar-refractivity contribution < 1.29 is 9.90 Å². The molecule has 0 radical (unpaired) electrons. The van der Waals surface area contributed by atoms with Crippen molar-refractivity contribution in [3.05, 3.63) is 34.9 Å². The van der Waals surface area contributed by atoms with E-state index in [1.807, 2.05) is 11.8 Å². The maximum Gasteiger partial charge on any atom is 0.317 e. The van der Waals surface area contributed by atoms with E-state index in [1.165, 1.54) is 36.0 Å². The number of aliphatic hydroxyl groups excluding tert-OH is 1. The molecule has 3 aliphatic rings. The van der Waals surface area contributed by atoms with Gasteiger partial charge in [0, 0.05) is 19.0 Å². The lowest BCUT2D eigenvalue weighted by Crippen LogP contribution is -2.40. The number of nitrogens with one attached hydrogen (secondary N) is 1. The Hall–Kier alpha value is -1.55. The fourth-order valence-electron chi connectivity index (χ4n) is 4.73. The van der Waals surface area contributed by atoms with E-state index in [0.717, 1.165) is 19.4 Å². The number of rotatable bonds is 2. The smallest absolute Gasteiger partial charge is 0.317 e. The van der Waals surface area contributed by atoms with E-state index < -0.39 is 0 Å². The van der Waals surface area contributed by atoms with Crippen LogP contribution in [0.3, 0.4) is 0 Å². The van der Waals surface area contributed by atoms with Gasteiger partial charge in [0.2, 0.25) is 0 Å². The van der Waals surface area contributed by atoms with Gasteiger partial charge in [0.15, 0.2) is 0 Å². The van der Waals surface area contributed by atoms with Gasteiger partial charge in [-0.05, 0) is 61.6 Å². The molecule has 0 spiro atoms. The molecule has 4 atom stereocenters. The predicted octanol–water partition coefficient (Wildman–Crippen LogP) is 2.96. The number of aliphatic hydroxyl groups is 1. The summed E-state index contributed by atoms with van der Waals surface area (Å²) < 4.78 is 0. The van der Waals surface area contributed by atoms with Gasteiger partial charge < -0.3 is 15.3 Å². The number of likely N-dealkylation sites (tertiary alicyclic amines) is 1. The van der Waals surface area contributed by atoms with Crippen molar-refractivity contribution in [2.24, 2.45) is 5.92 Å². The fourth-order valence-corrected chi connectivity index (χ4v) is 4.73. The lowest BCUT2D eigenvalue weighted by atomic mass is 9.84. The molecule has 23 heavy (non-hydrogen) atoms. The van der Waals surface area contributed by atoms with Gasteiger partial charge in [-0.15, -0.1) is 0 Å². The first-order chi connectivity index (χ1) is 11.1. The monoisotopic (exact) mass is 314 g/mol. The molecule has 0 aromatic heterocycles. The lowest BCUT2D eigenvalue weighted by molar-refractivity contribution is 0.129. The highest BCUT2D eigenvalue weighted by Crippen LogP contribution is 2.47. The molecule has 0 bridgehead atoms. The summed E-state index contributed by atoms with van der Waals surface area (Å²) in [6.45, 7) is 3.25. The van der Waals surface area contributed by atoms with Gasteiger partial charge in [0.1, 0.15) is 0 Å². The minimum absolute atomic E-state index is 0.0365. The normalized spacial score (nSPS) is 30.2. The topological polar surface area (TPSA) is 52.6 Å². The zero-order chi connectivity index (χ0) is 16.0. The van der Waals surface area contributed by atoms with Gasteiger partial charge in [0.05, 0.1) is 12.1 Å². The first-order valence-corrected chi connectivity index (χ1v) is 8.98. The van der Waals surface area contributed by atoms with Gasteiger partial charge >= 0.3 is 6.03 Å². The van der Waals surface area contributed by atoms with Crippen LogP contribution in [0.5, 0.6) is 0 Å². The zero-order valence-corrected chi connectivity index (χ0v) is 13.8. The van der Waals surface area contributed by atoms with Crippen molar-refractivity contribution in [1.29, 1.82) is 0 Å². The van der Waals surface area contributed by atoms with Crippen molar-refractivity contribution in [2.45, 2.75) is 57.1 Å². The maximum absolute atomic E-state index is 12.6. The number of aryl methyl sites for hydroxylation is 1. The lowest BCUT2D eigenvalue weighted by Gasteiger charge is -2.22. The van der Waals surface area contributed by atoms with Crippen LogP contribution in [0.2, 0.25) is 0 Å². The van der Waals surface area contributed by atoms with E-state index >= 15 is 0 Å². The molecule has 4 heteroatoms. The van der Waals surface area contributed by atoms with Crippen LogP contribution in [-0.2, 0) is 6.42 Å². The predicted molar refractivity (Wildman–Crippen MR) is 89.4 cm³/mol. The fraction of sp³-hybridized carbons (Fsp3) is 0.632. The van der Waals surface area contributed by atoms with E-state index in [4.69, 9.17) is 0 Å². The number of benzene rings is 1. The van der Waals surface area contributed by atoms with Crippen molar-refractivity contribution in [1.82, 2.24) is 10.2 Å². The summed E-state index contributed by atoms with van der Waals surface area (Å²) in [6.07, 6.45) is 5.32. The number of urea groups is 1. The van der Waals surface area contributed by atoms with Gasteiger partial charge in [-0.25, -0.2) is 4.79 Å². The number of carbonyl (C=O) groups excluding carboxylic acids is 1. The van der Waals surface area contributed by atoms with Crippen molar-refractivity contribution >= 4 is 6.03 Å². The van der Waals surface area contributed by atoms with Crippen LogP contribution >= 0.6 is 0 Å². The summed E-state index contributed by atoms with van der Waals surface area (Å²) in [5.74, 6) is 0.849. The number of carbonyl (C=O) groups is 1. The highest BCUT2D eigenvalue weighted by molar-refractivity contribution is 5.75. The van der Waals surface area contributed by atoms with Gasteiger partial charge in [-0.1, -0.05) is 18.2 Å². The van der Waals surface area contributed by atoms with E-state index in [0.29, 0.717) is 12.5 Å². The molecule has 4 nitrogen and oxygen atoms in total. The zero-order valence-electron chi connectivity index (χ0n) is 13.8. The van der Waals surface area contributed by atoms with Gasteiger partial charge in [-0.2, -0.15) is 0 Å². The molecular formula is C19H26N2O2. The molecule has 0 unspecified atom stereocenters. The standard InChI is InChI=1S/C19H26N2O2/c1-12(22)15-8-9-21(11-15)19(23)20-17-10-14-6-2-4-13-5-3-7-16(17)18(13)14/h3,5,7,12,14-15,17,22H,2,4,6,8-11H2,1H3,(H,20,23)/t12-,14+,15+,17+/m0/s1. The van der Waals surface area contributed by atoms with E-state index in [2.05, 4.69) is 23.5 Å². The SMILES string of the molecule is C[C@H](O)[C@@H]1CCN(C(=O)N[C@@H]2C[C@H]3CCCc4cccc2c43)C1. The molecule has 2 aliphatic carbocycles. The minimum atomic E-state index is -0.332. The van der Waals surface area contributed by atoms with Gasteiger partial charge in [-0.3, -0.25) is 0 Å². The highest BCUT2D eigenvalue weighted by atomic mass is 16.3. The average Bonchev–Trinajstić information content (AvgIpc) is 3.15. The first-order valence-electron chi connectivity index (χ1n) is 8.98. The summed E-state index contributed by atoms with van der Waals surface area (Å²) in [4.78, 5) is 14.5. The Balaban J connectivity index is 1.47. The van der Waals surface area contributed by atoms with Crippen LogP contribution in [0.4, 0.5) is 4.79 Å². The molecule has 124 valence electrons. The molecule has 2 amide bonds. The van der Waals surface area contributed by atoms with Crippen LogP contribution in [0.15, 0.2) is 18.2 Å². The Labute approximate surface area is 137 Å². The molecule has 1 aliphatic heterocycles. The Bertz CT molecular complexity index is 613. The minimum Gasteiger partial charge on any atom is -0.393 e. The molecular weight excluding hydrogens is 288 g/mol. The first kappa shape index (κ1) is 15.0.